The van der Waals surface area contributed by atoms with Gasteiger partial charge in [-0.25, -0.2) is 4.79 Å². The van der Waals surface area contributed by atoms with Gasteiger partial charge in [-0.3, -0.25) is 43.2 Å². The van der Waals surface area contributed by atoms with Crippen molar-refractivity contribution in [2.45, 2.75) is 141 Å². The van der Waals surface area contributed by atoms with Crippen molar-refractivity contribution in [2.75, 3.05) is 19.3 Å². The Morgan fingerprint density at radius 2 is 1.40 bits per heavy atom. The molecule has 1 aliphatic heterocycles. The van der Waals surface area contributed by atoms with Crippen LogP contribution in [-0.2, 0) is 54.4 Å². The van der Waals surface area contributed by atoms with Crippen LogP contribution in [0.5, 0.6) is 5.75 Å². The topological polar surface area (TPSA) is 330 Å². The Kier molecular flexibility index (Phi) is 22.7. The SMILES string of the molecule is CCCC(=O)N(C)[C@@H](Cc1ccc(O)cc1)C(=O)N[C@H](C(=O)N[C@@H](CCC(N)=O)C(=O)N[C@@H](CC(N)=O)C(=O)N[C@@H](CS)C(=O)N1CCC[C@H]1C(=O)N[C@@H](CC(C)C)C(=O)O)[C@@H](C)CC. The van der Waals surface area contributed by atoms with E-state index in [9.17, 15) is 58.2 Å². The molecule has 0 spiro atoms. The van der Waals surface area contributed by atoms with Gasteiger partial charge in [-0.2, -0.15) is 12.6 Å². The molecule has 0 radical (unpaired) electrons. The third-order valence-electron chi connectivity index (χ3n) is 11.1. The minimum Gasteiger partial charge on any atom is -0.508 e. The Hall–Kier alpha value is -5.93. The summed E-state index contributed by atoms with van der Waals surface area (Å²) in [4.78, 5) is 134. The van der Waals surface area contributed by atoms with Crippen LogP contribution < -0.4 is 38.1 Å². The second-order valence-corrected chi connectivity index (χ2v) is 17.1. The number of hydrogen-bond acceptors (Lipinski definition) is 12. The zero-order valence-electron chi connectivity index (χ0n) is 38.0. The van der Waals surface area contributed by atoms with Crippen molar-refractivity contribution in [3.63, 3.8) is 0 Å². The highest BCUT2D eigenvalue weighted by Crippen LogP contribution is 2.21. The molecule has 2 rings (SSSR count). The maximum atomic E-state index is 14.1. The number of nitrogens with two attached hydrogens (primary N) is 2. The number of carboxylic acids is 1. The van der Waals surface area contributed by atoms with Crippen molar-refractivity contribution in [1.82, 2.24) is 36.4 Å². The van der Waals surface area contributed by atoms with Crippen molar-refractivity contribution in [3.8, 4) is 5.75 Å². The number of amides is 9. The predicted octanol–water partition coefficient (Wildman–Crippen LogP) is -0.776. The quantitative estimate of drug-likeness (QED) is 0.0486. The molecule has 9 amide bonds. The average Bonchev–Trinajstić information content (AvgIpc) is 3.74. The van der Waals surface area contributed by atoms with Gasteiger partial charge in [0.15, 0.2) is 0 Å². The van der Waals surface area contributed by atoms with E-state index in [1.165, 1.54) is 29.0 Å². The van der Waals surface area contributed by atoms with Crippen molar-refractivity contribution in [3.05, 3.63) is 29.8 Å². The standard InChI is InChI=1S/C43H67N9O12S/c1-7-10-35(56)51(6)32(20-25-12-14-26(53)15-13-25)40(60)50-36(24(5)8-2)41(61)46-27(16-17-33(44)54)37(57)47-28(21-34(45)55)38(58)49-30(22-65)42(62)52-18-9-11-31(52)39(59)48-29(43(63)64)19-23(3)4/h12-15,23-24,27-32,36,53,65H,7-11,16-22H2,1-6H3,(H2,44,54)(H2,45,55)(H,46,61)(H,47,57)(H,48,59)(H,49,58)(H,50,60)(H,63,64)/t24-,27-,28-,29-,30-,31-,32-,36-/m0/s1. The first-order chi connectivity index (χ1) is 30.5. The van der Waals surface area contributed by atoms with Crippen LogP contribution in [0.2, 0.25) is 0 Å². The van der Waals surface area contributed by atoms with Crippen LogP contribution in [-0.4, -0.2) is 141 Å². The number of rotatable bonds is 27. The Balaban J connectivity index is 2.35. The number of phenolic OH excluding ortho intramolecular Hbond substituents is 1. The lowest BCUT2D eigenvalue weighted by molar-refractivity contribution is -0.145. The van der Waals surface area contributed by atoms with E-state index < -0.39 is 114 Å². The average molecular weight is 934 g/mol. The van der Waals surface area contributed by atoms with Gasteiger partial charge in [0, 0.05) is 38.6 Å². The molecule has 1 fully saturated rings. The van der Waals surface area contributed by atoms with Crippen molar-refractivity contribution < 1.29 is 58.2 Å². The molecule has 0 aromatic heterocycles. The van der Waals surface area contributed by atoms with Gasteiger partial charge in [0.05, 0.1) is 6.42 Å². The smallest absolute Gasteiger partial charge is 0.326 e. The van der Waals surface area contributed by atoms with E-state index in [0.717, 1.165) is 0 Å². The van der Waals surface area contributed by atoms with Crippen LogP contribution in [0.25, 0.3) is 0 Å². The minimum atomic E-state index is -1.73. The van der Waals surface area contributed by atoms with Crippen LogP contribution in [0.15, 0.2) is 24.3 Å². The maximum Gasteiger partial charge on any atom is 0.326 e. The first kappa shape index (κ1) is 55.2. The number of carboxylic acid groups (broad SMARTS) is 1. The monoisotopic (exact) mass is 933 g/mol. The second-order valence-electron chi connectivity index (χ2n) is 16.8. The van der Waals surface area contributed by atoms with Crippen LogP contribution in [0.4, 0.5) is 0 Å². The van der Waals surface area contributed by atoms with Crippen LogP contribution >= 0.6 is 12.6 Å². The molecule has 8 atom stereocenters. The van der Waals surface area contributed by atoms with Crippen molar-refractivity contribution >= 4 is 71.8 Å². The number of nitrogens with zero attached hydrogens (tertiary/aromatic N) is 2. The lowest BCUT2D eigenvalue weighted by Crippen LogP contribution is -2.61. The van der Waals surface area contributed by atoms with Gasteiger partial charge in [0.25, 0.3) is 0 Å². The molecular weight excluding hydrogens is 867 g/mol. The molecule has 21 nitrogen and oxygen atoms in total. The van der Waals surface area contributed by atoms with Crippen molar-refractivity contribution in [1.29, 1.82) is 0 Å². The van der Waals surface area contributed by atoms with E-state index in [1.807, 2.05) is 0 Å². The van der Waals surface area contributed by atoms with E-state index in [1.54, 1.807) is 46.8 Å². The van der Waals surface area contributed by atoms with Gasteiger partial charge in [0.1, 0.15) is 48.0 Å². The molecule has 1 heterocycles. The number of nitrogens with one attached hydrogen (secondary N) is 5. The molecule has 362 valence electrons. The summed E-state index contributed by atoms with van der Waals surface area (Å²) in [6.07, 6.45) is 0.229. The Morgan fingerprint density at radius 1 is 0.800 bits per heavy atom. The number of primary amides is 2. The Bertz CT molecular complexity index is 1870. The van der Waals surface area contributed by atoms with E-state index in [0.29, 0.717) is 24.8 Å². The Morgan fingerprint density at radius 3 is 1.94 bits per heavy atom. The molecule has 0 unspecified atom stereocenters. The Labute approximate surface area is 384 Å². The summed E-state index contributed by atoms with van der Waals surface area (Å²) in [5.74, 6) is -9.41. The van der Waals surface area contributed by atoms with Crippen LogP contribution in [0, 0.1) is 11.8 Å². The predicted molar refractivity (Wildman–Crippen MR) is 240 cm³/mol. The van der Waals surface area contributed by atoms with Gasteiger partial charge in [-0.05, 0) is 61.6 Å². The molecule has 1 aliphatic rings. The fourth-order valence-electron chi connectivity index (χ4n) is 7.20. The number of aromatic hydroxyl groups is 1. The summed E-state index contributed by atoms with van der Waals surface area (Å²) < 4.78 is 0. The first-order valence-electron chi connectivity index (χ1n) is 21.8. The van der Waals surface area contributed by atoms with Gasteiger partial charge in [-0.15, -0.1) is 0 Å². The molecule has 1 aromatic rings. The molecular formula is C43H67N9O12S. The molecule has 0 saturated carbocycles. The zero-order valence-corrected chi connectivity index (χ0v) is 38.9. The number of aliphatic carboxylic acids is 1. The number of carbonyl (C=O) groups is 10. The molecule has 1 aromatic carbocycles. The summed E-state index contributed by atoms with van der Waals surface area (Å²) in [6.45, 7) is 8.93. The lowest BCUT2D eigenvalue weighted by atomic mass is 9.96. The summed E-state index contributed by atoms with van der Waals surface area (Å²) in [5.41, 5.74) is 11.4. The number of likely N-dealkylation sites (N-methyl/N-ethyl adjacent to an activating group) is 1. The number of thiol groups is 1. The van der Waals surface area contributed by atoms with Crippen molar-refractivity contribution in [2.24, 2.45) is 23.3 Å². The van der Waals surface area contributed by atoms with E-state index in [4.69, 9.17) is 11.5 Å². The molecule has 65 heavy (non-hydrogen) atoms. The van der Waals surface area contributed by atoms with Gasteiger partial charge < -0.3 is 58.1 Å². The fraction of sp³-hybridized carbons (Fsp3) is 0.628. The molecule has 11 N–H and O–H groups in total. The van der Waals surface area contributed by atoms with E-state index >= 15 is 0 Å². The highest BCUT2D eigenvalue weighted by Gasteiger charge is 2.40. The lowest BCUT2D eigenvalue weighted by Gasteiger charge is -2.32. The van der Waals surface area contributed by atoms with Gasteiger partial charge in [-0.1, -0.05) is 53.2 Å². The number of carbonyl (C=O) groups excluding carboxylic acids is 9. The largest absolute Gasteiger partial charge is 0.508 e. The van der Waals surface area contributed by atoms with E-state index in [2.05, 4.69) is 39.2 Å². The van der Waals surface area contributed by atoms with Gasteiger partial charge >= 0.3 is 5.97 Å². The highest BCUT2D eigenvalue weighted by molar-refractivity contribution is 7.80. The minimum absolute atomic E-state index is 0.00233. The highest BCUT2D eigenvalue weighted by atomic mass is 32.1. The number of hydrogen-bond donors (Lipinski definition) is 10. The third kappa shape index (κ3) is 17.5. The fourth-order valence-corrected chi connectivity index (χ4v) is 7.45. The molecule has 1 saturated heterocycles. The summed E-state index contributed by atoms with van der Waals surface area (Å²) in [5, 5.41) is 32.0. The van der Waals surface area contributed by atoms with Crippen LogP contribution in [0.3, 0.4) is 0 Å². The summed E-state index contributed by atoms with van der Waals surface area (Å²) in [6, 6.07) is -3.27. The second kappa shape index (κ2) is 26.8. The number of benzene rings is 1. The maximum absolute atomic E-state index is 14.1. The van der Waals surface area contributed by atoms with Crippen LogP contribution in [0.1, 0.15) is 98.0 Å². The first-order valence-corrected chi connectivity index (χ1v) is 22.4. The summed E-state index contributed by atoms with van der Waals surface area (Å²) >= 11 is 4.22. The number of likely N-dealkylation sites (tertiary alicyclic amines) is 1. The van der Waals surface area contributed by atoms with Gasteiger partial charge in [0.2, 0.25) is 53.2 Å². The van der Waals surface area contributed by atoms with E-state index in [-0.39, 0.29) is 62.0 Å². The number of phenols is 1. The zero-order chi connectivity index (χ0) is 49.1. The normalized spacial score (nSPS) is 16.7. The molecule has 22 heteroatoms. The molecule has 0 aliphatic carbocycles. The molecule has 0 bridgehead atoms. The summed E-state index contributed by atoms with van der Waals surface area (Å²) in [7, 11) is 1.47. The third-order valence-corrected chi connectivity index (χ3v) is 11.5.